The quantitative estimate of drug-likeness (QED) is 0.553. The van der Waals surface area contributed by atoms with E-state index in [4.69, 9.17) is 0 Å². The minimum Gasteiger partial charge on any atom is -0.477 e. The number of aromatic nitrogens is 1. The highest BCUT2D eigenvalue weighted by atomic mass is 32.2. The van der Waals surface area contributed by atoms with Gasteiger partial charge in [0, 0.05) is 22.3 Å². The number of H-pyrrole nitrogens is 1. The van der Waals surface area contributed by atoms with Gasteiger partial charge in [-0.1, -0.05) is 43.0 Å². The van der Waals surface area contributed by atoms with E-state index in [0.29, 0.717) is 0 Å². The summed E-state index contributed by atoms with van der Waals surface area (Å²) < 4.78 is 0. The van der Waals surface area contributed by atoms with Gasteiger partial charge in [-0.15, -0.1) is 0 Å². The Kier molecular flexibility index (Phi) is 5.23. The first kappa shape index (κ1) is 16.6. The summed E-state index contributed by atoms with van der Waals surface area (Å²) in [4.78, 5) is 16.4. The Morgan fingerprint density at radius 2 is 2.00 bits per heavy atom. The number of carboxylic acid groups (broad SMARTS) is 1. The molecule has 124 valence electrons. The van der Waals surface area contributed by atoms with Crippen LogP contribution in [0.5, 0.6) is 0 Å². The van der Waals surface area contributed by atoms with Gasteiger partial charge < -0.3 is 15.4 Å². The van der Waals surface area contributed by atoms with Gasteiger partial charge in [-0.05, 0) is 42.8 Å². The Hall–Kier alpha value is -2.24. The molecule has 3 rings (SSSR count). The van der Waals surface area contributed by atoms with Crippen molar-refractivity contribution in [3.63, 3.8) is 0 Å². The molecule has 0 aliphatic rings. The van der Waals surface area contributed by atoms with Gasteiger partial charge in [0.2, 0.25) is 0 Å². The van der Waals surface area contributed by atoms with Gasteiger partial charge in [0.15, 0.2) is 0 Å². The van der Waals surface area contributed by atoms with E-state index in [0.717, 1.165) is 45.8 Å². The monoisotopic (exact) mass is 340 g/mol. The molecule has 0 saturated heterocycles. The zero-order valence-corrected chi connectivity index (χ0v) is 14.3. The summed E-state index contributed by atoms with van der Waals surface area (Å²) >= 11 is 1.48. The molecule has 5 heteroatoms. The molecule has 0 bridgehead atoms. The Morgan fingerprint density at radius 1 is 1.21 bits per heavy atom. The third-order valence-electron chi connectivity index (χ3n) is 3.75. The maximum absolute atomic E-state index is 11.6. The van der Waals surface area contributed by atoms with Gasteiger partial charge in [0.25, 0.3) is 0 Å². The molecule has 1 heterocycles. The number of rotatable bonds is 7. The van der Waals surface area contributed by atoms with E-state index in [1.807, 2.05) is 42.5 Å². The number of aromatic amines is 1. The fourth-order valence-corrected chi connectivity index (χ4v) is 3.64. The Labute approximate surface area is 145 Å². The van der Waals surface area contributed by atoms with Crippen LogP contribution in [-0.2, 0) is 6.54 Å². The highest BCUT2D eigenvalue weighted by molar-refractivity contribution is 7.99. The van der Waals surface area contributed by atoms with E-state index in [-0.39, 0.29) is 5.69 Å². The summed E-state index contributed by atoms with van der Waals surface area (Å²) in [6.45, 7) is 3.89. The molecule has 0 aliphatic heterocycles. The number of benzene rings is 2. The average molecular weight is 340 g/mol. The maximum atomic E-state index is 11.6. The average Bonchev–Trinajstić information content (AvgIpc) is 2.94. The van der Waals surface area contributed by atoms with Crippen LogP contribution in [0.25, 0.3) is 10.9 Å². The lowest BCUT2D eigenvalue weighted by Gasteiger charge is -2.05. The number of carboxylic acids is 1. The van der Waals surface area contributed by atoms with Gasteiger partial charge >= 0.3 is 5.97 Å². The summed E-state index contributed by atoms with van der Waals surface area (Å²) in [7, 11) is 0. The first-order valence-corrected chi connectivity index (χ1v) is 8.82. The van der Waals surface area contributed by atoms with Crippen molar-refractivity contribution >= 4 is 28.6 Å². The summed E-state index contributed by atoms with van der Waals surface area (Å²) in [6, 6.07) is 15.9. The molecule has 24 heavy (non-hydrogen) atoms. The van der Waals surface area contributed by atoms with Gasteiger partial charge in [-0.3, -0.25) is 0 Å². The highest BCUT2D eigenvalue weighted by Gasteiger charge is 2.18. The van der Waals surface area contributed by atoms with E-state index in [1.54, 1.807) is 0 Å². The van der Waals surface area contributed by atoms with Crippen LogP contribution < -0.4 is 5.32 Å². The van der Waals surface area contributed by atoms with E-state index in [9.17, 15) is 9.90 Å². The molecule has 0 fully saturated rings. The molecule has 0 aliphatic carbocycles. The normalized spacial score (nSPS) is 11.0. The molecule has 0 spiro atoms. The third-order valence-corrected chi connectivity index (χ3v) is 4.88. The summed E-state index contributed by atoms with van der Waals surface area (Å²) in [5, 5.41) is 13.9. The molecular formula is C19H20N2O2S. The number of fused-ring (bicyclic) bond motifs is 1. The molecule has 2 aromatic carbocycles. The zero-order valence-electron chi connectivity index (χ0n) is 13.5. The summed E-state index contributed by atoms with van der Waals surface area (Å²) in [5.41, 5.74) is 2.25. The first-order valence-electron chi connectivity index (χ1n) is 8.00. The molecule has 1 aromatic heterocycles. The minimum absolute atomic E-state index is 0.248. The van der Waals surface area contributed by atoms with Gasteiger partial charge in [-0.25, -0.2) is 4.79 Å². The lowest BCUT2D eigenvalue weighted by Crippen LogP contribution is -2.13. The van der Waals surface area contributed by atoms with Crippen molar-refractivity contribution in [1.29, 1.82) is 0 Å². The third kappa shape index (κ3) is 3.63. The van der Waals surface area contributed by atoms with Crippen LogP contribution >= 0.6 is 11.8 Å². The van der Waals surface area contributed by atoms with Crippen molar-refractivity contribution in [2.45, 2.75) is 29.7 Å². The number of nitrogens with one attached hydrogen (secondary N) is 2. The van der Waals surface area contributed by atoms with Gasteiger partial charge in [-0.2, -0.15) is 0 Å². The van der Waals surface area contributed by atoms with Crippen LogP contribution in [0.4, 0.5) is 0 Å². The van der Waals surface area contributed by atoms with E-state index >= 15 is 0 Å². The minimum atomic E-state index is -0.935. The van der Waals surface area contributed by atoms with E-state index < -0.39 is 5.97 Å². The summed E-state index contributed by atoms with van der Waals surface area (Å²) in [6.07, 6.45) is 1.09. The maximum Gasteiger partial charge on any atom is 0.353 e. The topological polar surface area (TPSA) is 65.1 Å². The molecule has 0 saturated carbocycles. The molecule has 0 radical (unpaired) electrons. The lowest BCUT2D eigenvalue weighted by molar-refractivity contribution is 0.0688. The Bertz CT molecular complexity index is 843. The standard InChI is InChI=1S/C19H20N2O2S/c1-2-10-20-12-13-8-9-16-15(11-13)18(17(21-16)19(22)23)24-14-6-4-3-5-7-14/h3-9,11,20-21H,2,10,12H2,1H3,(H,22,23). The van der Waals surface area contributed by atoms with Crippen molar-refractivity contribution in [2.24, 2.45) is 0 Å². The second-order valence-electron chi connectivity index (χ2n) is 5.61. The van der Waals surface area contributed by atoms with Crippen LogP contribution in [0, 0.1) is 0 Å². The first-order chi connectivity index (χ1) is 11.7. The van der Waals surface area contributed by atoms with Crippen LogP contribution in [0.3, 0.4) is 0 Å². The summed E-state index contributed by atoms with van der Waals surface area (Å²) in [5.74, 6) is -0.935. The molecule has 4 nitrogen and oxygen atoms in total. The largest absolute Gasteiger partial charge is 0.477 e. The number of hydrogen-bond acceptors (Lipinski definition) is 3. The predicted octanol–water partition coefficient (Wildman–Crippen LogP) is 4.52. The second-order valence-corrected chi connectivity index (χ2v) is 6.69. The fraction of sp³-hybridized carbons (Fsp3) is 0.211. The predicted molar refractivity (Wildman–Crippen MR) is 97.8 cm³/mol. The van der Waals surface area contributed by atoms with Gasteiger partial charge in [0.05, 0.1) is 4.90 Å². The van der Waals surface area contributed by atoms with Crippen molar-refractivity contribution in [3.8, 4) is 0 Å². The van der Waals surface area contributed by atoms with Crippen LogP contribution in [0.2, 0.25) is 0 Å². The Morgan fingerprint density at radius 3 is 2.71 bits per heavy atom. The molecule has 3 aromatic rings. The lowest BCUT2D eigenvalue weighted by atomic mass is 10.1. The number of aromatic carboxylic acids is 1. The van der Waals surface area contributed by atoms with Gasteiger partial charge in [0.1, 0.15) is 5.69 Å². The molecule has 0 unspecified atom stereocenters. The zero-order chi connectivity index (χ0) is 16.9. The fourth-order valence-electron chi connectivity index (χ4n) is 2.60. The molecular weight excluding hydrogens is 320 g/mol. The second kappa shape index (κ2) is 7.55. The van der Waals surface area contributed by atoms with Crippen LogP contribution in [0.15, 0.2) is 58.3 Å². The Balaban J connectivity index is 2.00. The van der Waals surface area contributed by atoms with Crippen molar-refractivity contribution in [1.82, 2.24) is 10.3 Å². The van der Waals surface area contributed by atoms with E-state index in [2.05, 4.69) is 23.3 Å². The van der Waals surface area contributed by atoms with Crippen molar-refractivity contribution in [3.05, 3.63) is 59.8 Å². The van der Waals surface area contributed by atoms with Crippen molar-refractivity contribution < 1.29 is 9.90 Å². The SMILES string of the molecule is CCCNCc1ccc2[nH]c(C(=O)O)c(Sc3ccccc3)c2c1. The molecule has 3 N–H and O–H groups in total. The molecule has 0 amide bonds. The smallest absolute Gasteiger partial charge is 0.353 e. The highest BCUT2D eigenvalue weighted by Crippen LogP contribution is 2.37. The van der Waals surface area contributed by atoms with Crippen LogP contribution in [-0.4, -0.2) is 22.6 Å². The molecule has 0 atom stereocenters. The van der Waals surface area contributed by atoms with Crippen molar-refractivity contribution in [2.75, 3.05) is 6.54 Å². The number of carbonyl (C=O) groups is 1. The van der Waals surface area contributed by atoms with Crippen LogP contribution in [0.1, 0.15) is 29.4 Å². The van der Waals surface area contributed by atoms with E-state index in [1.165, 1.54) is 11.8 Å². The number of hydrogen-bond donors (Lipinski definition) is 3.